The molecule has 5 nitrogen and oxygen atoms in total. The van der Waals surface area contributed by atoms with E-state index in [9.17, 15) is 9.59 Å². The molecule has 2 aromatic carbocycles. The topological polar surface area (TPSA) is 59.5 Å². The van der Waals surface area contributed by atoms with Gasteiger partial charge in [0, 0.05) is 6.20 Å². The van der Waals surface area contributed by atoms with Crippen LogP contribution >= 0.6 is 11.6 Å². The first-order valence-electron chi connectivity index (χ1n) is 8.91. The van der Waals surface area contributed by atoms with Gasteiger partial charge in [-0.25, -0.2) is 9.78 Å². The number of anilines is 2. The van der Waals surface area contributed by atoms with Crippen molar-refractivity contribution in [1.82, 2.24) is 4.98 Å². The number of amides is 1. The highest BCUT2D eigenvalue weighted by molar-refractivity contribution is 6.32. The highest BCUT2D eigenvalue weighted by Gasteiger charge is 2.26. The first-order chi connectivity index (χ1) is 13.6. The molecule has 0 aliphatic carbocycles. The van der Waals surface area contributed by atoms with E-state index in [4.69, 9.17) is 16.3 Å². The Labute approximate surface area is 167 Å². The van der Waals surface area contributed by atoms with E-state index in [0.717, 1.165) is 35.3 Å². The van der Waals surface area contributed by atoms with Crippen LogP contribution in [0, 0.1) is 0 Å². The fourth-order valence-electron chi connectivity index (χ4n) is 3.36. The fraction of sp³-hybridized carbons (Fsp3) is 0.136. The third-order valence-electron chi connectivity index (χ3n) is 4.68. The van der Waals surface area contributed by atoms with Gasteiger partial charge in [0.25, 0.3) is 5.91 Å². The lowest BCUT2D eigenvalue weighted by Gasteiger charge is -2.24. The van der Waals surface area contributed by atoms with E-state index in [0.29, 0.717) is 0 Å². The van der Waals surface area contributed by atoms with Crippen LogP contribution < -0.4 is 4.90 Å². The number of carbonyl (C=O) groups excluding carboxylic acids is 2. The fourth-order valence-corrected chi connectivity index (χ4v) is 3.55. The largest absolute Gasteiger partial charge is 0.452 e. The minimum Gasteiger partial charge on any atom is -0.452 e. The van der Waals surface area contributed by atoms with E-state index < -0.39 is 12.6 Å². The van der Waals surface area contributed by atoms with E-state index in [1.54, 1.807) is 11.0 Å². The number of aromatic nitrogens is 1. The molecule has 0 bridgehead atoms. The zero-order valence-corrected chi connectivity index (χ0v) is 15.7. The molecule has 4 rings (SSSR count). The van der Waals surface area contributed by atoms with Crippen LogP contribution in [0.5, 0.6) is 0 Å². The van der Waals surface area contributed by atoms with Gasteiger partial charge in [0.2, 0.25) is 0 Å². The van der Waals surface area contributed by atoms with Gasteiger partial charge >= 0.3 is 5.97 Å². The first kappa shape index (κ1) is 18.2. The van der Waals surface area contributed by atoms with Crippen LogP contribution in [0.4, 0.5) is 11.4 Å². The molecule has 0 spiro atoms. The highest BCUT2D eigenvalue weighted by Crippen LogP contribution is 2.36. The lowest BCUT2D eigenvalue weighted by molar-refractivity contribution is -0.120. The second kappa shape index (κ2) is 7.82. The quantitative estimate of drug-likeness (QED) is 0.491. The van der Waals surface area contributed by atoms with Crippen molar-refractivity contribution in [3.63, 3.8) is 0 Å². The number of ether oxygens (including phenoxy) is 1. The molecule has 6 heteroatoms. The first-order valence-corrected chi connectivity index (χ1v) is 9.29. The number of rotatable bonds is 3. The lowest BCUT2D eigenvalue weighted by Crippen LogP contribution is -2.31. The van der Waals surface area contributed by atoms with E-state index >= 15 is 0 Å². The van der Waals surface area contributed by atoms with E-state index in [-0.39, 0.29) is 16.6 Å². The van der Waals surface area contributed by atoms with Crippen molar-refractivity contribution < 1.29 is 14.3 Å². The van der Waals surface area contributed by atoms with Crippen LogP contribution in [-0.4, -0.2) is 23.5 Å². The summed E-state index contributed by atoms with van der Waals surface area (Å²) in [5.41, 5.74) is 3.91. The summed E-state index contributed by atoms with van der Waals surface area (Å²) in [6.45, 7) is -0.396. The predicted molar refractivity (Wildman–Crippen MR) is 107 cm³/mol. The standard InChI is InChI=1S/C22H17ClN2O3/c23-21-17(8-5-13-24-21)22(27)28-14-20(26)25-18-9-3-1-6-15(18)11-12-16-7-2-4-10-19(16)25/h1-10,13H,11-12,14H2. The van der Waals surface area contributed by atoms with Gasteiger partial charge in [0.05, 0.1) is 16.9 Å². The number of pyridine rings is 1. The molecule has 0 unspecified atom stereocenters. The van der Waals surface area contributed by atoms with Crippen molar-refractivity contribution in [3.8, 4) is 0 Å². The van der Waals surface area contributed by atoms with Crippen LogP contribution in [0.15, 0.2) is 66.9 Å². The Bertz CT molecular complexity index is 1000. The number of carbonyl (C=O) groups is 2. The molecule has 1 aliphatic heterocycles. The van der Waals surface area contributed by atoms with Gasteiger partial charge in [0.15, 0.2) is 6.61 Å². The van der Waals surface area contributed by atoms with Gasteiger partial charge in [-0.15, -0.1) is 0 Å². The summed E-state index contributed by atoms with van der Waals surface area (Å²) in [4.78, 5) is 30.9. The van der Waals surface area contributed by atoms with Gasteiger partial charge in [-0.2, -0.15) is 0 Å². The summed E-state index contributed by atoms with van der Waals surface area (Å²) in [6, 6.07) is 18.7. The van der Waals surface area contributed by atoms with Crippen LogP contribution in [-0.2, 0) is 22.4 Å². The number of fused-ring (bicyclic) bond motifs is 2. The minimum absolute atomic E-state index is 0.0467. The van der Waals surface area contributed by atoms with Crippen molar-refractivity contribution in [1.29, 1.82) is 0 Å². The molecule has 1 aliphatic rings. The Hall–Kier alpha value is -3.18. The summed E-state index contributed by atoms with van der Waals surface area (Å²) >= 11 is 5.93. The molecule has 0 N–H and O–H groups in total. The molecule has 0 fully saturated rings. The smallest absolute Gasteiger partial charge is 0.341 e. The maximum absolute atomic E-state index is 13.1. The number of hydrogen-bond acceptors (Lipinski definition) is 4. The summed E-state index contributed by atoms with van der Waals surface area (Å²) in [6.07, 6.45) is 3.15. The zero-order chi connectivity index (χ0) is 19.5. The van der Waals surface area contributed by atoms with Crippen LogP contribution in [0.25, 0.3) is 0 Å². The third kappa shape index (κ3) is 3.49. The normalized spacial score (nSPS) is 12.5. The number of para-hydroxylation sites is 2. The van der Waals surface area contributed by atoms with E-state index in [2.05, 4.69) is 4.98 Å². The molecule has 140 valence electrons. The molecule has 2 heterocycles. The molecule has 28 heavy (non-hydrogen) atoms. The van der Waals surface area contributed by atoms with Gasteiger partial charge in [-0.3, -0.25) is 9.69 Å². The highest BCUT2D eigenvalue weighted by atomic mass is 35.5. The molecule has 3 aromatic rings. The number of halogens is 1. The molecule has 0 saturated carbocycles. The van der Waals surface area contributed by atoms with Gasteiger partial charge in [-0.05, 0) is 48.2 Å². The number of esters is 1. The summed E-state index contributed by atoms with van der Waals surface area (Å²) in [7, 11) is 0. The van der Waals surface area contributed by atoms with Crippen molar-refractivity contribution in [2.45, 2.75) is 12.8 Å². The number of hydrogen-bond donors (Lipinski definition) is 0. The molecule has 0 atom stereocenters. The molecule has 0 radical (unpaired) electrons. The van der Waals surface area contributed by atoms with Gasteiger partial charge < -0.3 is 4.74 Å². The number of benzene rings is 2. The summed E-state index contributed by atoms with van der Waals surface area (Å²) in [5, 5.41) is 0.0467. The zero-order valence-electron chi connectivity index (χ0n) is 15.0. The maximum atomic E-state index is 13.1. The molecule has 0 saturated heterocycles. The van der Waals surface area contributed by atoms with Gasteiger partial charge in [-0.1, -0.05) is 48.0 Å². The Morgan fingerprint density at radius 2 is 1.54 bits per heavy atom. The average Bonchev–Trinajstić information content (AvgIpc) is 2.89. The Balaban J connectivity index is 1.62. The molecular weight excluding hydrogens is 376 g/mol. The lowest BCUT2D eigenvalue weighted by atomic mass is 10.0. The predicted octanol–water partition coefficient (Wildman–Crippen LogP) is 4.36. The van der Waals surface area contributed by atoms with Crippen molar-refractivity contribution in [2.24, 2.45) is 0 Å². The summed E-state index contributed by atoms with van der Waals surface area (Å²) in [5.74, 6) is -1.00. The Kier molecular flexibility index (Phi) is 5.08. The van der Waals surface area contributed by atoms with Crippen LogP contribution in [0.3, 0.4) is 0 Å². The maximum Gasteiger partial charge on any atom is 0.341 e. The van der Waals surface area contributed by atoms with Crippen molar-refractivity contribution >= 4 is 34.9 Å². The van der Waals surface area contributed by atoms with Crippen molar-refractivity contribution in [3.05, 3.63) is 88.7 Å². The molecule has 1 aromatic heterocycles. The second-order valence-corrected chi connectivity index (χ2v) is 6.76. The monoisotopic (exact) mass is 392 g/mol. The third-order valence-corrected chi connectivity index (χ3v) is 4.99. The second-order valence-electron chi connectivity index (χ2n) is 6.40. The minimum atomic E-state index is -0.678. The van der Waals surface area contributed by atoms with Crippen molar-refractivity contribution in [2.75, 3.05) is 11.5 Å². The molecular formula is C22H17ClN2O3. The van der Waals surface area contributed by atoms with Crippen LogP contribution in [0.1, 0.15) is 21.5 Å². The summed E-state index contributed by atoms with van der Waals surface area (Å²) < 4.78 is 5.24. The Morgan fingerprint density at radius 3 is 2.14 bits per heavy atom. The average molecular weight is 393 g/mol. The van der Waals surface area contributed by atoms with Gasteiger partial charge in [0.1, 0.15) is 5.15 Å². The number of aryl methyl sites for hydroxylation is 2. The number of nitrogens with zero attached hydrogens (tertiary/aromatic N) is 2. The van der Waals surface area contributed by atoms with E-state index in [1.165, 1.54) is 12.3 Å². The Morgan fingerprint density at radius 1 is 0.929 bits per heavy atom. The van der Waals surface area contributed by atoms with Crippen LogP contribution in [0.2, 0.25) is 5.15 Å². The molecule has 1 amide bonds. The van der Waals surface area contributed by atoms with E-state index in [1.807, 2.05) is 48.5 Å². The SMILES string of the molecule is O=C(OCC(=O)N1c2ccccc2CCc2ccccc21)c1cccnc1Cl.